The summed E-state index contributed by atoms with van der Waals surface area (Å²) < 4.78 is 11.5. The Balaban J connectivity index is 2.22. The molecule has 0 unspecified atom stereocenters. The molecule has 0 fully saturated rings. The topological polar surface area (TPSA) is 12.0 Å². The fourth-order valence-corrected chi connectivity index (χ4v) is 0.847. The van der Waals surface area contributed by atoms with Crippen LogP contribution in [0.15, 0.2) is 11.6 Å². The van der Waals surface area contributed by atoms with Gasteiger partial charge in [0.15, 0.2) is 5.37 Å². The van der Waals surface area contributed by atoms with Crippen molar-refractivity contribution in [1.29, 1.82) is 0 Å². The van der Waals surface area contributed by atoms with Crippen LogP contribution in [0.1, 0.15) is 0 Å². The van der Waals surface area contributed by atoms with Crippen molar-refractivity contribution in [3.63, 3.8) is 0 Å². The van der Waals surface area contributed by atoms with Gasteiger partial charge in [0.1, 0.15) is 6.67 Å². The highest BCUT2D eigenvalue weighted by atomic mass is 32.2. The zero-order valence-corrected chi connectivity index (χ0v) is 4.46. The normalized spacial score (nSPS) is 20.1. The third-order valence-electron chi connectivity index (χ3n) is 0.644. The molecule has 0 aromatic carbocycles. The lowest BCUT2D eigenvalue weighted by molar-refractivity contribution is 0.517. The fourth-order valence-electron chi connectivity index (χ4n) is 0.347. The van der Waals surface area contributed by atoms with Gasteiger partial charge in [0.05, 0.1) is 0 Å². The van der Waals surface area contributed by atoms with Crippen molar-refractivity contribution in [3.05, 3.63) is 17.0 Å². The summed E-state index contributed by atoms with van der Waals surface area (Å²) in [6.07, 6.45) is 1.72. The van der Waals surface area contributed by atoms with E-state index in [1.807, 2.05) is 5.41 Å². The van der Waals surface area contributed by atoms with Crippen molar-refractivity contribution in [3.8, 4) is 0 Å². The molecule has 0 aromatic rings. The Hall–Kier alpha value is -0.180. The number of halogens is 1. The molecule has 0 aliphatic carbocycles. The minimum absolute atomic E-state index is 0.377. The first-order valence-corrected chi connectivity index (χ1v) is 2.81. The maximum Gasteiger partial charge on any atom is 0.152 e. The van der Waals surface area contributed by atoms with Crippen LogP contribution < -0.4 is 5.32 Å². The van der Waals surface area contributed by atoms with Crippen LogP contribution in [0.4, 0.5) is 4.39 Å². The lowest BCUT2D eigenvalue weighted by Gasteiger charge is -1.98. The van der Waals surface area contributed by atoms with Crippen LogP contribution in [0.3, 0.4) is 0 Å². The van der Waals surface area contributed by atoms with Crippen LogP contribution in [0.2, 0.25) is 0 Å². The Bertz CT molecular complexity index is 75.8. The third-order valence-corrected chi connectivity index (χ3v) is 1.43. The number of rotatable bonds is 1. The second kappa shape index (κ2) is 2.21. The summed E-state index contributed by atoms with van der Waals surface area (Å²) in [6.45, 7) is -0.377. The van der Waals surface area contributed by atoms with Crippen LogP contribution in [-0.4, -0.2) is 6.67 Å². The second-order valence-electron chi connectivity index (χ2n) is 1.12. The van der Waals surface area contributed by atoms with Crippen LogP contribution in [0.25, 0.3) is 0 Å². The van der Waals surface area contributed by atoms with Crippen molar-refractivity contribution < 1.29 is 4.39 Å². The molecule has 1 rings (SSSR count). The maximum atomic E-state index is 11.5. The van der Waals surface area contributed by atoms with Gasteiger partial charge in [-0.3, -0.25) is 0 Å². The Morgan fingerprint density at radius 2 is 2.71 bits per heavy atom. The number of alkyl halides is 1. The molecule has 1 radical (unpaired) electrons. The summed E-state index contributed by atoms with van der Waals surface area (Å²) >= 11 is 1.39. The molecule has 0 bridgehead atoms. The largest absolute Gasteiger partial charge is 0.371 e. The molecular weight excluding hydrogens is 113 g/mol. The van der Waals surface area contributed by atoms with E-state index in [-0.39, 0.29) is 6.67 Å². The van der Waals surface area contributed by atoms with Gasteiger partial charge in [0.25, 0.3) is 0 Å². The number of nitrogens with one attached hydrogen (secondary N) is 1. The maximum absolute atomic E-state index is 11.5. The van der Waals surface area contributed by atoms with E-state index >= 15 is 0 Å². The summed E-state index contributed by atoms with van der Waals surface area (Å²) in [4.78, 5) is 0. The van der Waals surface area contributed by atoms with Gasteiger partial charge in [0, 0.05) is 6.20 Å². The quantitative estimate of drug-likeness (QED) is 0.556. The minimum atomic E-state index is -0.377. The Labute approximate surface area is 46.0 Å². The molecule has 0 saturated heterocycles. The van der Waals surface area contributed by atoms with Crippen LogP contribution in [0.5, 0.6) is 0 Å². The zero-order chi connectivity index (χ0) is 5.11. The SMILES string of the molecule is FC[C]1NC=CS1. The van der Waals surface area contributed by atoms with E-state index in [9.17, 15) is 4.39 Å². The molecule has 39 valence electrons. The first kappa shape index (κ1) is 4.97. The van der Waals surface area contributed by atoms with Gasteiger partial charge in [-0.25, -0.2) is 4.39 Å². The van der Waals surface area contributed by atoms with E-state index in [4.69, 9.17) is 0 Å². The Morgan fingerprint density at radius 3 is 3.00 bits per heavy atom. The third kappa shape index (κ3) is 1.09. The lowest BCUT2D eigenvalue weighted by Crippen LogP contribution is -2.07. The molecule has 1 N–H and O–H groups in total. The highest BCUT2D eigenvalue weighted by molar-refractivity contribution is 8.05. The van der Waals surface area contributed by atoms with E-state index in [1.54, 1.807) is 6.20 Å². The van der Waals surface area contributed by atoms with Crippen molar-refractivity contribution >= 4 is 11.8 Å². The highest BCUT2D eigenvalue weighted by Crippen LogP contribution is 2.21. The molecule has 1 aliphatic rings. The standard InChI is InChI=1S/C4H5FNS/c5-3-4-6-1-2-7-4/h1-2,6H,3H2. The van der Waals surface area contributed by atoms with E-state index in [1.165, 1.54) is 11.8 Å². The fraction of sp³-hybridized carbons (Fsp3) is 0.250. The number of hydrogen-bond donors (Lipinski definition) is 1. The highest BCUT2D eigenvalue weighted by Gasteiger charge is 2.08. The van der Waals surface area contributed by atoms with E-state index in [0.29, 0.717) is 5.37 Å². The van der Waals surface area contributed by atoms with Gasteiger partial charge in [0.2, 0.25) is 0 Å². The van der Waals surface area contributed by atoms with Crippen LogP contribution >= 0.6 is 11.8 Å². The predicted octanol–water partition coefficient (Wildman–Crippen LogP) is 1.25. The molecule has 0 saturated carbocycles. The van der Waals surface area contributed by atoms with Crippen LogP contribution in [0, 0.1) is 5.37 Å². The number of hydrogen-bond acceptors (Lipinski definition) is 2. The summed E-state index contributed by atoms with van der Waals surface area (Å²) in [5.74, 6) is 0. The summed E-state index contributed by atoms with van der Waals surface area (Å²) in [5.41, 5.74) is 0. The van der Waals surface area contributed by atoms with Crippen LogP contribution in [-0.2, 0) is 0 Å². The summed E-state index contributed by atoms with van der Waals surface area (Å²) in [7, 11) is 0. The first-order valence-electron chi connectivity index (χ1n) is 1.93. The molecular formula is C4H5FNS. The van der Waals surface area contributed by atoms with Crippen molar-refractivity contribution in [2.45, 2.75) is 0 Å². The van der Waals surface area contributed by atoms with Crippen molar-refractivity contribution in [2.75, 3.05) is 6.67 Å². The Morgan fingerprint density at radius 1 is 1.86 bits per heavy atom. The molecule has 1 aliphatic heterocycles. The van der Waals surface area contributed by atoms with E-state index in [2.05, 4.69) is 5.32 Å². The van der Waals surface area contributed by atoms with Gasteiger partial charge in [-0.2, -0.15) is 0 Å². The van der Waals surface area contributed by atoms with Gasteiger partial charge >= 0.3 is 0 Å². The predicted molar refractivity (Wildman–Crippen MR) is 29.1 cm³/mol. The summed E-state index contributed by atoms with van der Waals surface area (Å²) in [6, 6.07) is 0. The average molecular weight is 118 g/mol. The van der Waals surface area contributed by atoms with Crippen molar-refractivity contribution in [1.82, 2.24) is 5.32 Å². The molecule has 0 amide bonds. The molecule has 0 spiro atoms. The number of thioether (sulfide) groups is 1. The van der Waals surface area contributed by atoms with Gasteiger partial charge in [-0.05, 0) is 5.41 Å². The van der Waals surface area contributed by atoms with E-state index in [0.717, 1.165) is 0 Å². The monoisotopic (exact) mass is 118 g/mol. The zero-order valence-electron chi connectivity index (χ0n) is 3.65. The molecule has 3 heteroatoms. The van der Waals surface area contributed by atoms with Gasteiger partial charge < -0.3 is 5.32 Å². The first-order chi connectivity index (χ1) is 3.43. The molecule has 1 nitrogen and oxygen atoms in total. The smallest absolute Gasteiger partial charge is 0.152 e. The molecule has 1 heterocycles. The van der Waals surface area contributed by atoms with Crippen molar-refractivity contribution in [2.24, 2.45) is 0 Å². The van der Waals surface area contributed by atoms with Gasteiger partial charge in [-0.15, -0.1) is 0 Å². The van der Waals surface area contributed by atoms with Gasteiger partial charge in [-0.1, -0.05) is 11.8 Å². The Kier molecular flexibility index (Phi) is 1.57. The molecule has 7 heavy (non-hydrogen) atoms. The molecule has 0 aromatic heterocycles. The second-order valence-corrected chi connectivity index (χ2v) is 2.12. The molecule has 0 atom stereocenters. The lowest BCUT2D eigenvalue weighted by atomic mass is 10.7. The minimum Gasteiger partial charge on any atom is -0.371 e. The summed E-state index contributed by atoms with van der Waals surface area (Å²) in [5, 5.41) is 5.23. The van der Waals surface area contributed by atoms with E-state index < -0.39 is 0 Å². The average Bonchev–Trinajstić information content (AvgIpc) is 2.14.